The lowest BCUT2D eigenvalue weighted by Gasteiger charge is -1.98. The SMILES string of the molecule is Cc1ccc(/C=N/NC(N)=N/N=C/c2ccc(C)cc2F)cc1. The predicted molar refractivity (Wildman–Crippen MR) is 92.3 cm³/mol. The Kier molecular flexibility index (Phi) is 5.57. The number of nitrogens with one attached hydrogen (secondary N) is 1. The highest BCUT2D eigenvalue weighted by Gasteiger charge is 1.98. The van der Waals surface area contributed by atoms with E-state index in [2.05, 4.69) is 20.7 Å². The first-order chi connectivity index (χ1) is 11.0. The van der Waals surface area contributed by atoms with Gasteiger partial charge < -0.3 is 5.73 Å². The molecule has 0 aliphatic rings. The van der Waals surface area contributed by atoms with Crippen LogP contribution in [-0.2, 0) is 0 Å². The number of benzene rings is 2. The minimum absolute atomic E-state index is 0.0112. The highest BCUT2D eigenvalue weighted by molar-refractivity contribution is 5.84. The molecule has 2 aromatic rings. The Morgan fingerprint density at radius 2 is 1.74 bits per heavy atom. The number of halogens is 1. The van der Waals surface area contributed by atoms with E-state index in [0.29, 0.717) is 5.56 Å². The van der Waals surface area contributed by atoms with Crippen LogP contribution in [0.5, 0.6) is 0 Å². The Morgan fingerprint density at radius 3 is 2.43 bits per heavy atom. The maximum Gasteiger partial charge on any atom is 0.234 e. The molecule has 0 atom stereocenters. The molecule has 118 valence electrons. The third-order valence-electron chi connectivity index (χ3n) is 2.99. The summed E-state index contributed by atoms with van der Waals surface area (Å²) in [7, 11) is 0. The molecule has 0 heterocycles. The van der Waals surface area contributed by atoms with Gasteiger partial charge in [0.2, 0.25) is 5.96 Å². The van der Waals surface area contributed by atoms with Crippen LogP contribution in [0.1, 0.15) is 22.3 Å². The molecular weight excluding hydrogens is 293 g/mol. The topological polar surface area (TPSA) is 75.1 Å². The molecule has 6 heteroatoms. The van der Waals surface area contributed by atoms with E-state index in [1.807, 2.05) is 38.1 Å². The number of nitrogens with zero attached hydrogens (tertiary/aromatic N) is 3. The van der Waals surface area contributed by atoms with E-state index in [0.717, 1.165) is 11.1 Å². The molecule has 0 spiro atoms. The van der Waals surface area contributed by atoms with Gasteiger partial charge in [0, 0.05) is 5.56 Å². The monoisotopic (exact) mass is 311 g/mol. The lowest BCUT2D eigenvalue weighted by atomic mass is 10.1. The first-order valence-electron chi connectivity index (χ1n) is 7.03. The number of guanidine groups is 1. The third kappa shape index (κ3) is 5.35. The van der Waals surface area contributed by atoms with Crippen LogP contribution in [0.2, 0.25) is 0 Å². The average Bonchev–Trinajstić information content (AvgIpc) is 2.51. The summed E-state index contributed by atoms with van der Waals surface area (Å²) in [5.74, 6) is -0.343. The van der Waals surface area contributed by atoms with Gasteiger partial charge >= 0.3 is 0 Å². The maximum absolute atomic E-state index is 13.6. The van der Waals surface area contributed by atoms with E-state index in [4.69, 9.17) is 5.73 Å². The Bertz CT molecular complexity index is 748. The van der Waals surface area contributed by atoms with Gasteiger partial charge in [-0.15, -0.1) is 5.10 Å². The Balaban J connectivity index is 1.92. The molecule has 0 aliphatic carbocycles. The van der Waals surface area contributed by atoms with Crippen LogP contribution in [0.25, 0.3) is 0 Å². The van der Waals surface area contributed by atoms with Crippen molar-refractivity contribution in [1.29, 1.82) is 0 Å². The van der Waals surface area contributed by atoms with Crippen molar-refractivity contribution >= 4 is 18.4 Å². The minimum Gasteiger partial charge on any atom is -0.367 e. The van der Waals surface area contributed by atoms with Crippen LogP contribution >= 0.6 is 0 Å². The molecule has 0 aliphatic heterocycles. The highest BCUT2D eigenvalue weighted by Crippen LogP contribution is 2.07. The Labute approximate surface area is 134 Å². The standard InChI is InChI=1S/C17H18FN5/c1-12-3-6-14(7-4-12)10-20-22-17(19)23-21-11-15-8-5-13(2)9-16(15)18/h3-11H,1-2H3,(H3,19,22,23)/b20-10+,21-11+. The van der Waals surface area contributed by atoms with Crippen molar-refractivity contribution in [3.8, 4) is 0 Å². The summed E-state index contributed by atoms with van der Waals surface area (Å²) in [5.41, 5.74) is 11.4. The Morgan fingerprint density at radius 1 is 1.04 bits per heavy atom. The zero-order valence-corrected chi connectivity index (χ0v) is 13.0. The van der Waals surface area contributed by atoms with E-state index in [1.54, 1.807) is 18.3 Å². The molecular formula is C17H18FN5. The number of rotatable bonds is 4. The van der Waals surface area contributed by atoms with Gasteiger partial charge in [0.25, 0.3) is 0 Å². The van der Waals surface area contributed by atoms with Gasteiger partial charge in [-0.1, -0.05) is 42.0 Å². The van der Waals surface area contributed by atoms with Crippen LogP contribution < -0.4 is 11.2 Å². The zero-order valence-electron chi connectivity index (χ0n) is 13.0. The average molecular weight is 311 g/mol. The fourth-order valence-corrected chi connectivity index (χ4v) is 1.74. The van der Waals surface area contributed by atoms with Gasteiger partial charge in [-0.25, -0.2) is 9.82 Å². The van der Waals surface area contributed by atoms with Crippen molar-refractivity contribution in [1.82, 2.24) is 5.43 Å². The molecule has 23 heavy (non-hydrogen) atoms. The number of aryl methyl sites for hydroxylation is 2. The van der Waals surface area contributed by atoms with E-state index in [-0.39, 0.29) is 11.8 Å². The summed E-state index contributed by atoms with van der Waals surface area (Å²) in [5, 5.41) is 11.4. The second-order valence-corrected chi connectivity index (χ2v) is 5.04. The van der Waals surface area contributed by atoms with Gasteiger partial charge in [-0.05, 0) is 31.0 Å². The molecule has 0 saturated heterocycles. The van der Waals surface area contributed by atoms with Crippen molar-refractivity contribution in [2.75, 3.05) is 0 Å². The molecule has 2 rings (SSSR count). The molecule has 0 unspecified atom stereocenters. The molecule has 0 saturated carbocycles. The van der Waals surface area contributed by atoms with Crippen LogP contribution in [0.15, 0.2) is 57.8 Å². The predicted octanol–water partition coefficient (Wildman–Crippen LogP) is 2.71. The smallest absolute Gasteiger partial charge is 0.234 e. The quantitative estimate of drug-likeness (QED) is 0.517. The fraction of sp³-hybridized carbons (Fsp3) is 0.118. The van der Waals surface area contributed by atoms with Gasteiger partial charge in [0.05, 0.1) is 12.4 Å². The van der Waals surface area contributed by atoms with E-state index in [9.17, 15) is 4.39 Å². The fourth-order valence-electron chi connectivity index (χ4n) is 1.74. The van der Waals surface area contributed by atoms with Gasteiger partial charge in [0.1, 0.15) is 5.82 Å². The van der Waals surface area contributed by atoms with Crippen LogP contribution in [0, 0.1) is 19.7 Å². The lowest BCUT2D eigenvalue weighted by Crippen LogP contribution is -2.26. The van der Waals surface area contributed by atoms with Gasteiger partial charge in [-0.3, -0.25) is 0 Å². The second kappa shape index (κ2) is 7.84. The third-order valence-corrected chi connectivity index (χ3v) is 2.99. The number of nitrogens with two attached hydrogens (primary N) is 1. The van der Waals surface area contributed by atoms with Crippen LogP contribution in [0.3, 0.4) is 0 Å². The largest absolute Gasteiger partial charge is 0.367 e. The van der Waals surface area contributed by atoms with Gasteiger partial charge in [-0.2, -0.15) is 10.2 Å². The molecule has 0 fully saturated rings. The second-order valence-electron chi connectivity index (χ2n) is 5.04. The highest BCUT2D eigenvalue weighted by atomic mass is 19.1. The van der Waals surface area contributed by atoms with E-state index >= 15 is 0 Å². The van der Waals surface area contributed by atoms with E-state index in [1.165, 1.54) is 17.8 Å². The summed E-state index contributed by atoms with van der Waals surface area (Å²) >= 11 is 0. The van der Waals surface area contributed by atoms with Crippen molar-refractivity contribution < 1.29 is 4.39 Å². The molecule has 5 nitrogen and oxygen atoms in total. The van der Waals surface area contributed by atoms with Crippen molar-refractivity contribution in [3.05, 3.63) is 70.5 Å². The Hall–Kier alpha value is -3.02. The van der Waals surface area contributed by atoms with Crippen molar-refractivity contribution in [2.24, 2.45) is 21.0 Å². The van der Waals surface area contributed by atoms with Crippen LogP contribution in [-0.4, -0.2) is 18.4 Å². The zero-order chi connectivity index (χ0) is 16.7. The molecule has 0 amide bonds. The number of hydrogen-bond donors (Lipinski definition) is 2. The number of hydrogen-bond acceptors (Lipinski definition) is 3. The molecule has 0 bridgehead atoms. The maximum atomic E-state index is 13.6. The van der Waals surface area contributed by atoms with Crippen molar-refractivity contribution in [3.63, 3.8) is 0 Å². The van der Waals surface area contributed by atoms with Crippen molar-refractivity contribution in [2.45, 2.75) is 13.8 Å². The molecule has 0 radical (unpaired) electrons. The summed E-state index contributed by atoms with van der Waals surface area (Å²) in [4.78, 5) is 0. The molecule has 2 aromatic carbocycles. The summed E-state index contributed by atoms with van der Waals surface area (Å²) in [6, 6.07) is 12.7. The first kappa shape index (κ1) is 16.4. The lowest BCUT2D eigenvalue weighted by molar-refractivity contribution is 0.624. The summed E-state index contributed by atoms with van der Waals surface area (Å²) < 4.78 is 13.6. The summed E-state index contributed by atoms with van der Waals surface area (Å²) in [6.07, 6.45) is 2.91. The molecule has 3 N–H and O–H groups in total. The van der Waals surface area contributed by atoms with Gasteiger partial charge in [0.15, 0.2) is 0 Å². The first-order valence-corrected chi connectivity index (χ1v) is 7.03. The minimum atomic E-state index is -0.354. The van der Waals surface area contributed by atoms with Crippen LogP contribution in [0.4, 0.5) is 4.39 Å². The number of hydrazone groups is 1. The van der Waals surface area contributed by atoms with E-state index < -0.39 is 0 Å². The summed E-state index contributed by atoms with van der Waals surface area (Å²) in [6.45, 7) is 3.83. The normalized spacial score (nSPS) is 12.2. The molecule has 0 aromatic heterocycles.